The van der Waals surface area contributed by atoms with E-state index in [9.17, 15) is 8.42 Å². The van der Waals surface area contributed by atoms with Crippen LogP contribution in [0.2, 0.25) is 0 Å². The van der Waals surface area contributed by atoms with Gasteiger partial charge in [-0.2, -0.15) is 21.0 Å². The molecule has 0 aromatic carbocycles. The zero-order valence-corrected chi connectivity index (χ0v) is 6.82. The monoisotopic (exact) mass is 194 g/mol. The molecule has 0 rings (SSSR count). The Morgan fingerprint density at radius 2 is 2.00 bits per heavy atom. The summed E-state index contributed by atoms with van der Waals surface area (Å²) in [6, 6.07) is 0. The molecule has 0 fully saturated rings. The van der Waals surface area contributed by atoms with E-state index in [1.807, 2.05) is 6.92 Å². The van der Waals surface area contributed by atoms with Crippen molar-refractivity contribution < 1.29 is 13.0 Å². The van der Waals surface area contributed by atoms with Crippen molar-refractivity contribution in [2.75, 3.05) is 5.75 Å². The van der Waals surface area contributed by atoms with Crippen LogP contribution in [-0.2, 0) is 10.1 Å². The third kappa shape index (κ3) is 9.26. The molecule has 0 spiro atoms. The van der Waals surface area contributed by atoms with Crippen LogP contribution in [0.1, 0.15) is 13.3 Å². The predicted octanol–water partition coefficient (Wildman–Crippen LogP) is -0.0659. The van der Waals surface area contributed by atoms with Gasteiger partial charge in [-0.05, 0) is 6.42 Å². The van der Waals surface area contributed by atoms with E-state index in [1.54, 1.807) is 0 Å². The minimum atomic E-state index is -3.81. The Morgan fingerprint density at radius 1 is 1.60 bits per heavy atom. The fraction of sp³-hybridized carbons (Fsp3) is 1.00. The van der Waals surface area contributed by atoms with Crippen molar-refractivity contribution in [1.29, 1.82) is 0 Å². The van der Waals surface area contributed by atoms with Crippen LogP contribution < -0.4 is 0 Å². The zero-order valence-electron chi connectivity index (χ0n) is 5.11. The van der Waals surface area contributed by atoms with Gasteiger partial charge in [0.2, 0.25) is 0 Å². The van der Waals surface area contributed by atoms with E-state index < -0.39 is 10.1 Å². The van der Waals surface area contributed by atoms with Crippen molar-refractivity contribution in [3.8, 4) is 0 Å². The minimum absolute atomic E-state index is 0. The van der Waals surface area contributed by atoms with Gasteiger partial charge in [-0.25, -0.2) is 0 Å². The normalized spacial score (nSPS) is 13.9. The average Bonchev–Trinajstić information content (AvgIpc) is 1.62. The Labute approximate surface area is 89.0 Å². The maximum absolute atomic E-state index is 10.1. The van der Waals surface area contributed by atoms with Crippen LogP contribution in [0.15, 0.2) is 0 Å². The number of thiol groups is 1. The molecule has 0 aliphatic rings. The van der Waals surface area contributed by atoms with Crippen molar-refractivity contribution in [1.82, 2.24) is 0 Å². The second kappa shape index (κ2) is 5.85. The predicted molar refractivity (Wildman–Crippen MR) is 46.6 cm³/mol. The summed E-state index contributed by atoms with van der Waals surface area (Å²) in [5, 5.41) is -0.250. The standard InChI is InChI=1S/C4H10O3S2.Na.H/c1-2-4(8)3-9(5,6)7;;/h4,8H,2-3H2,1H3,(H,5,6,7);;. The van der Waals surface area contributed by atoms with Crippen molar-refractivity contribution in [3.05, 3.63) is 0 Å². The molecule has 0 aromatic heterocycles. The fourth-order valence-corrected chi connectivity index (χ4v) is 1.65. The second-order valence-electron chi connectivity index (χ2n) is 1.81. The molecule has 10 heavy (non-hydrogen) atoms. The summed E-state index contributed by atoms with van der Waals surface area (Å²) in [6.07, 6.45) is 0.642. The molecule has 0 aliphatic heterocycles. The molecule has 0 heterocycles. The molecule has 0 aromatic rings. The van der Waals surface area contributed by atoms with Gasteiger partial charge in [-0.1, -0.05) is 6.92 Å². The van der Waals surface area contributed by atoms with Gasteiger partial charge in [0.15, 0.2) is 0 Å². The summed E-state index contributed by atoms with van der Waals surface area (Å²) < 4.78 is 28.5. The molecule has 6 heteroatoms. The molecule has 0 amide bonds. The Bertz CT molecular complexity index is 165. The van der Waals surface area contributed by atoms with Crippen molar-refractivity contribution in [3.63, 3.8) is 0 Å². The number of rotatable bonds is 3. The quantitative estimate of drug-likeness (QED) is 0.376. The molecule has 0 bridgehead atoms. The van der Waals surface area contributed by atoms with Crippen LogP contribution >= 0.6 is 12.6 Å². The molecule has 0 aliphatic carbocycles. The van der Waals surface area contributed by atoms with E-state index in [2.05, 4.69) is 12.6 Å². The van der Waals surface area contributed by atoms with Gasteiger partial charge in [-0.15, -0.1) is 0 Å². The van der Waals surface area contributed by atoms with E-state index in [1.165, 1.54) is 0 Å². The van der Waals surface area contributed by atoms with Gasteiger partial charge < -0.3 is 0 Å². The first-order valence-electron chi connectivity index (χ1n) is 2.59. The molecule has 1 N–H and O–H groups in total. The van der Waals surface area contributed by atoms with Crippen molar-refractivity contribution >= 4 is 52.3 Å². The second-order valence-corrected chi connectivity index (χ2v) is 4.04. The summed E-state index contributed by atoms with van der Waals surface area (Å²) in [6.45, 7) is 1.81. The SMILES string of the molecule is CCC(S)CS(=O)(=O)O.[NaH]. The Kier molecular flexibility index (Phi) is 8.09. The first-order chi connectivity index (χ1) is 3.95. The van der Waals surface area contributed by atoms with Crippen LogP contribution in [0.5, 0.6) is 0 Å². The van der Waals surface area contributed by atoms with Gasteiger partial charge in [-0.3, -0.25) is 4.55 Å². The zero-order chi connectivity index (χ0) is 7.49. The summed E-state index contributed by atoms with van der Waals surface area (Å²) in [5.74, 6) is -0.257. The van der Waals surface area contributed by atoms with Gasteiger partial charge in [0.25, 0.3) is 10.1 Å². The summed E-state index contributed by atoms with van der Waals surface area (Å²) in [4.78, 5) is 0. The van der Waals surface area contributed by atoms with Crippen molar-refractivity contribution in [2.24, 2.45) is 0 Å². The average molecular weight is 194 g/mol. The molecular weight excluding hydrogens is 183 g/mol. The fourth-order valence-electron chi connectivity index (χ4n) is 0.361. The van der Waals surface area contributed by atoms with Gasteiger partial charge in [0.05, 0.1) is 5.75 Å². The molecular formula is C4H11NaO3S2. The molecule has 58 valence electrons. The van der Waals surface area contributed by atoms with E-state index in [0.717, 1.165) is 0 Å². The van der Waals surface area contributed by atoms with E-state index in [0.29, 0.717) is 6.42 Å². The Morgan fingerprint density at radius 3 is 2.10 bits per heavy atom. The van der Waals surface area contributed by atoms with Crippen LogP contribution in [0, 0.1) is 0 Å². The van der Waals surface area contributed by atoms with E-state index in [-0.39, 0.29) is 40.6 Å². The third-order valence-corrected chi connectivity index (χ3v) is 2.49. The Balaban J connectivity index is 0. The molecule has 1 atom stereocenters. The summed E-state index contributed by atoms with van der Waals surface area (Å²) >= 11 is 3.88. The van der Waals surface area contributed by atoms with E-state index >= 15 is 0 Å². The number of hydrogen-bond donors (Lipinski definition) is 2. The van der Waals surface area contributed by atoms with Crippen LogP contribution in [0.4, 0.5) is 0 Å². The molecule has 0 saturated heterocycles. The van der Waals surface area contributed by atoms with Crippen LogP contribution in [-0.4, -0.2) is 53.5 Å². The summed E-state index contributed by atoms with van der Waals surface area (Å²) in [7, 11) is -3.81. The van der Waals surface area contributed by atoms with Gasteiger partial charge in [0, 0.05) is 5.25 Å². The molecule has 0 radical (unpaired) electrons. The molecule has 0 saturated carbocycles. The van der Waals surface area contributed by atoms with Crippen LogP contribution in [0.3, 0.4) is 0 Å². The Hall–Kier alpha value is 1.26. The first kappa shape index (κ1) is 13.8. The maximum atomic E-state index is 10.1. The van der Waals surface area contributed by atoms with Gasteiger partial charge in [0.1, 0.15) is 0 Å². The number of hydrogen-bond acceptors (Lipinski definition) is 3. The third-order valence-electron chi connectivity index (χ3n) is 0.874. The van der Waals surface area contributed by atoms with Gasteiger partial charge >= 0.3 is 29.6 Å². The first-order valence-corrected chi connectivity index (χ1v) is 4.71. The molecule has 1 unspecified atom stereocenters. The van der Waals surface area contributed by atoms with E-state index in [4.69, 9.17) is 4.55 Å². The molecule has 3 nitrogen and oxygen atoms in total. The topological polar surface area (TPSA) is 54.4 Å². The summed E-state index contributed by atoms with van der Waals surface area (Å²) in [5.41, 5.74) is 0. The van der Waals surface area contributed by atoms with Crippen molar-refractivity contribution in [2.45, 2.75) is 18.6 Å². The van der Waals surface area contributed by atoms with Crippen LogP contribution in [0.25, 0.3) is 0 Å².